The van der Waals surface area contributed by atoms with Crippen molar-refractivity contribution < 1.29 is 9.59 Å². The van der Waals surface area contributed by atoms with Crippen molar-refractivity contribution in [2.45, 2.75) is 10.8 Å². The van der Waals surface area contributed by atoms with E-state index in [-0.39, 0.29) is 17.6 Å². The molecule has 0 aliphatic heterocycles. The van der Waals surface area contributed by atoms with E-state index in [1.807, 2.05) is 72.8 Å². The number of thioether (sulfide) groups is 1. The van der Waals surface area contributed by atoms with Gasteiger partial charge in [-0.15, -0.1) is 11.8 Å². The Hall–Kier alpha value is -2.76. The maximum absolute atomic E-state index is 12.8. The molecule has 0 radical (unpaired) electrons. The zero-order valence-corrected chi connectivity index (χ0v) is 16.5. The molecule has 2 amide bonds. The van der Waals surface area contributed by atoms with Gasteiger partial charge in [0.2, 0.25) is 11.8 Å². The molecule has 142 valence electrons. The van der Waals surface area contributed by atoms with Gasteiger partial charge >= 0.3 is 0 Å². The van der Waals surface area contributed by atoms with E-state index in [1.165, 1.54) is 11.8 Å². The fourth-order valence-corrected chi connectivity index (χ4v) is 3.53. The van der Waals surface area contributed by atoms with E-state index < -0.39 is 5.92 Å². The van der Waals surface area contributed by atoms with Crippen LogP contribution in [0.4, 0.5) is 0 Å². The number of benzene rings is 3. The topological polar surface area (TPSA) is 58.2 Å². The van der Waals surface area contributed by atoms with Gasteiger partial charge in [-0.05, 0) is 35.4 Å². The molecule has 0 atom stereocenters. The van der Waals surface area contributed by atoms with Crippen molar-refractivity contribution in [1.82, 2.24) is 10.9 Å². The fourth-order valence-electron chi connectivity index (χ4n) is 2.71. The summed E-state index contributed by atoms with van der Waals surface area (Å²) in [5.41, 5.74) is 6.77. The van der Waals surface area contributed by atoms with Crippen molar-refractivity contribution in [3.63, 3.8) is 0 Å². The number of carbonyl (C=O) groups is 2. The lowest BCUT2D eigenvalue weighted by Gasteiger charge is -2.18. The highest BCUT2D eigenvalue weighted by Crippen LogP contribution is 2.24. The van der Waals surface area contributed by atoms with Crippen LogP contribution in [0.2, 0.25) is 5.02 Å². The minimum atomic E-state index is -0.508. The first-order chi connectivity index (χ1) is 13.6. The Morgan fingerprint density at radius 2 is 1.32 bits per heavy atom. The second-order valence-corrected chi connectivity index (χ2v) is 7.52. The monoisotopic (exact) mass is 410 g/mol. The van der Waals surface area contributed by atoms with Gasteiger partial charge in [0.25, 0.3) is 0 Å². The van der Waals surface area contributed by atoms with Crippen molar-refractivity contribution in [3.05, 3.63) is 101 Å². The Morgan fingerprint density at radius 1 is 0.786 bits per heavy atom. The maximum atomic E-state index is 12.8. The molecule has 0 saturated carbocycles. The molecule has 3 rings (SSSR count). The first-order valence-electron chi connectivity index (χ1n) is 8.70. The quantitative estimate of drug-likeness (QED) is 0.467. The molecule has 2 N–H and O–H groups in total. The van der Waals surface area contributed by atoms with Crippen molar-refractivity contribution >= 4 is 35.2 Å². The minimum Gasteiger partial charge on any atom is -0.272 e. The van der Waals surface area contributed by atoms with Gasteiger partial charge in [-0.1, -0.05) is 72.3 Å². The van der Waals surface area contributed by atoms with Crippen molar-refractivity contribution in [2.75, 3.05) is 5.75 Å². The molecule has 0 bridgehead atoms. The molecule has 0 fully saturated rings. The molecule has 3 aromatic carbocycles. The lowest BCUT2D eigenvalue weighted by molar-refractivity contribution is -0.128. The van der Waals surface area contributed by atoms with E-state index in [0.29, 0.717) is 5.02 Å². The second-order valence-electron chi connectivity index (χ2n) is 6.03. The number of nitrogens with one attached hydrogen (secondary N) is 2. The molecule has 6 heteroatoms. The molecule has 0 aliphatic carbocycles. The third-order valence-electron chi connectivity index (χ3n) is 4.04. The van der Waals surface area contributed by atoms with E-state index in [2.05, 4.69) is 10.9 Å². The van der Waals surface area contributed by atoms with Crippen molar-refractivity contribution in [2.24, 2.45) is 0 Å². The molecule has 0 aliphatic rings. The SMILES string of the molecule is O=C(CSc1ccc(Cl)cc1)NNC(=O)C(c1ccccc1)c1ccccc1. The van der Waals surface area contributed by atoms with Crippen LogP contribution in [0.3, 0.4) is 0 Å². The van der Waals surface area contributed by atoms with E-state index >= 15 is 0 Å². The van der Waals surface area contributed by atoms with E-state index in [9.17, 15) is 9.59 Å². The van der Waals surface area contributed by atoms with Crippen LogP contribution < -0.4 is 10.9 Å². The predicted octanol–water partition coefficient (Wildman–Crippen LogP) is 4.41. The predicted molar refractivity (Wildman–Crippen MR) is 113 cm³/mol. The summed E-state index contributed by atoms with van der Waals surface area (Å²) in [6, 6.07) is 26.2. The molecule has 0 spiro atoms. The third kappa shape index (κ3) is 5.62. The van der Waals surface area contributed by atoms with Gasteiger partial charge in [0.1, 0.15) is 0 Å². The summed E-state index contributed by atoms with van der Waals surface area (Å²) in [6.07, 6.45) is 0. The van der Waals surface area contributed by atoms with Crippen LogP contribution >= 0.6 is 23.4 Å². The molecule has 28 heavy (non-hydrogen) atoms. The maximum Gasteiger partial charge on any atom is 0.250 e. The highest BCUT2D eigenvalue weighted by molar-refractivity contribution is 8.00. The van der Waals surface area contributed by atoms with Crippen LogP contribution in [0.1, 0.15) is 17.0 Å². The molecule has 3 aromatic rings. The van der Waals surface area contributed by atoms with Crippen LogP contribution in [-0.2, 0) is 9.59 Å². The number of hydrazine groups is 1. The highest BCUT2D eigenvalue weighted by atomic mass is 35.5. The first kappa shape index (κ1) is 20.0. The Kier molecular flexibility index (Phi) is 7.12. The minimum absolute atomic E-state index is 0.184. The molecular formula is C22H19ClN2O2S. The fraction of sp³-hybridized carbons (Fsp3) is 0.0909. The van der Waals surface area contributed by atoms with Crippen LogP contribution in [0.5, 0.6) is 0 Å². The van der Waals surface area contributed by atoms with Crippen LogP contribution in [0, 0.1) is 0 Å². The lowest BCUT2D eigenvalue weighted by Crippen LogP contribution is -2.44. The van der Waals surface area contributed by atoms with E-state index in [4.69, 9.17) is 11.6 Å². The van der Waals surface area contributed by atoms with E-state index in [1.54, 1.807) is 12.1 Å². The lowest BCUT2D eigenvalue weighted by atomic mass is 9.91. The summed E-state index contributed by atoms with van der Waals surface area (Å²) >= 11 is 7.22. The van der Waals surface area contributed by atoms with Gasteiger partial charge in [-0.3, -0.25) is 20.4 Å². The Bertz CT molecular complexity index is 879. The average molecular weight is 411 g/mol. The summed E-state index contributed by atoms with van der Waals surface area (Å²) in [7, 11) is 0. The number of hydrogen-bond donors (Lipinski definition) is 2. The normalized spacial score (nSPS) is 10.5. The number of rotatable bonds is 6. The number of halogens is 1. The smallest absolute Gasteiger partial charge is 0.250 e. The van der Waals surface area contributed by atoms with Crippen molar-refractivity contribution in [3.8, 4) is 0 Å². The zero-order valence-electron chi connectivity index (χ0n) is 15.0. The Balaban J connectivity index is 1.60. The van der Waals surface area contributed by atoms with Gasteiger partial charge in [0.15, 0.2) is 0 Å². The number of carbonyl (C=O) groups excluding carboxylic acids is 2. The average Bonchev–Trinajstić information content (AvgIpc) is 2.73. The number of hydrogen-bond acceptors (Lipinski definition) is 3. The van der Waals surface area contributed by atoms with Gasteiger partial charge in [-0.2, -0.15) is 0 Å². The zero-order chi connectivity index (χ0) is 19.8. The van der Waals surface area contributed by atoms with Gasteiger partial charge in [-0.25, -0.2) is 0 Å². The second kappa shape index (κ2) is 9.97. The van der Waals surface area contributed by atoms with Gasteiger partial charge in [0, 0.05) is 9.92 Å². The molecule has 0 unspecified atom stereocenters. The van der Waals surface area contributed by atoms with E-state index in [0.717, 1.165) is 16.0 Å². The molecule has 4 nitrogen and oxygen atoms in total. The van der Waals surface area contributed by atoms with Crippen LogP contribution in [0.25, 0.3) is 0 Å². The highest BCUT2D eigenvalue weighted by Gasteiger charge is 2.22. The standard InChI is InChI=1S/C22H19ClN2O2S/c23-18-11-13-19(14-12-18)28-15-20(26)24-25-22(27)21(16-7-3-1-4-8-16)17-9-5-2-6-10-17/h1-14,21H,15H2,(H,24,26)(H,25,27). The van der Waals surface area contributed by atoms with Crippen LogP contribution in [-0.4, -0.2) is 17.6 Å². The number of amides is 2. The third-order valence-corrected chi connectivity index (χ3v) is 5.30. The Morgan fingerprint density at radius 3 is 1.86 bits per heavy atom. The van der Waals surface area contributed by atoms with Gasteiger partial charge < -0.3 is 0 Å². The summed E-state index contributed by atoms with van der Waals surface area (Å²) in [6.45, 7) is 0. The largest absolute Gasteiger partial charge is 0.272 e. The molecule has 0 aromatic heterocycles. The molecule has 0 heterocycles. The summed E-state index contributed by atoms with van der Waals surface area (Å²) in [5.74, 6) is -0.898. The summed E-state index contributed by atoms with van der Waals surface area (Å²) in [4.78, 5) is 25.9. The first-order valence-corrected chi connectivity index (χ1v) is 10.1. The van der Waals surface area contributed by atoms with Crippen LogP contribution in [0.15, 0.2) is 89.8 Å². The molecular weight excluding hydrogens is 392 g/mol. The molecule has 0 saturated heterocycles. The Labute approximate surface area is 173 Å². The summed E-state index contributed by atoms with van der Waals surface area (Å²) in [5, 5.41) is 0.647. The summed E-state index contributed by atoms with van der Waals surface area (Å²) < 4.78 is 0. The van der Waals surface area contributed by atoms with Gasteiger partial charge in [0.05, 0.1) is 11.7 Å². The van der Waals surface area contributed by atoms with Crippen molar-refractivity contribution in [1.29, 1.82) is 0 Å².